The Morgan fingerprint density at radius 3 is 2.43 bits per heavy atom. The number of hydrogen-bond acceptors (Lipinski definition) is 3. The molecule has 2 aliphatic heterocycles. The van der Waals surface area contributed by atoms with Gasteiger partial charge in [-0.05, 0) is 24.5 Å². The minimum absolute atomic E-state index is 0.555. The zero-order valence-electron chi connectivity index (χ0n) is 13.5. The van der Waals surface area contributed by atoms with Gasteiger partial charge in [-0.25, -0.2) is 0 Å². The van der Waals surface area contributed by atoms with E-state index in [9.17, 15) is 0 Å². The molecule has 0 radical (unpaired) electrons. The van der Waals surface area contributed by atoms with Gasteiger partial charge in [0.1, 0.15) is 0 Å². The third-order valence-corrected chi connectivity index (χ3v) is 5.11. The zero-order valence-corrected chi connectivity index (χ0v) is 13.5. The number of likely N-dealkylation sites (tertiary alicyclic amines) is 1. The van der Waals surface area contributed by atoms with E-state index < -0.39 is 0 Å². The summed E-state index contributed by atoms with van der Waals surface area (Å²) in [5.41, 5.74) is 2.93. The van der Waals surface area contributed by atoms with E-state index in [1.807, 2.05) is 0 Å². The van der Waals surface area contributed by atoms with Crippen LogP contribution in [0.25, 0.3) is 0 Å². The van der Waals surface area contributed by atoms with Gasteiger partial charge in [0.2, 0.25) is 0 Å². The summed E-state index contributed by atoms with van der Waals surface area (Å²) < 4.78 is 0. The summed E-state index contributed by atoms with van der Waals surface area (Å²) >= 11 is 0. The lowest BCUT2D eigenvalue weighted by molar-refractivity contribution is 0.00347. The first-order valence-corrected chi connectivity index (χ1v) is 8.55. The molecule has 0 aromatic heterocycles. The van der Waals surface area contributed by atoms with E-state index in [2.05, 4.69) is 53.2 Å². The van der Waals surface area contributed by atoms with Crippen molar-refractivity contribution in [1.82, 2.24) is 15.1 Å². The fraction of sp³-hybridized carbons (Fsp3) is 0.667. The van der Waals surface area contributed by atoms with Crippen LogP contribution in [0, 0.1) is 0 Å². The Bertz CT molecular complexity index is 430. The van der Waals surface area contributed by atoms with Crippen LogP contribution in [0.5, 0.6) is 0 Å². The van der Waals surface area contributed by atoms with Crippen molar-refractivity contribution >= 4 is 0 Å². The fourth-order valence-corrected chi connectivity index (χ4v) is 3.54. The van der Waals surface area contributed by atoms with E-state index in [4.69, 9.17) is 0 Å². The number of nitrogens with zero attached hydrogens (tertiary/aromatic N) is 2. The first-order valence-electron chi connectivity index (χ1n) is 8.55. The molecule has 3 nitrogen and oxygen atoms in total. The molecule has 0 amide bonds. The average molecular weight is 287 g/mol. The topological polar surface area (TPSA) is 18.5 Å². The van der Waals surface area contributed by atoms with E-state index in [0.717, 1.165) is 19.1 Å². The summed E-state index contributed by atoms with van der Waals surface area (Å²) in [6.07, 6.45) is 2.43. The predicted octanol–water partition coefficient (Wildman–Crippen LogP) is 2.29. The van der Waals surface area contributed by atoms with Gasteiger partial charge in [-0.15, -0.1) is 0 Å². The summed E-state index contributed by atoms with van der Waals surface area (Å²) in [5.74, 6) is 0. The predicted molar refractivity (Wildman–Crippen MR) is 88.7 cm³/mol. The maximum atomic E-state index is 3.44. The minimum atomic E-state index is 0.555. The van der Waals surface area contributed by atoms with Gasteiger partial charge in [-0.2, -0.15) is 0 Å². The van der Waals surface area contributed by atoms with Crippen molar-refractivity contribution in [2.24, 2.45) is 0 Å². The van der Waals surface area contributed by atoms with Gasteiger partial charge in [0.15, 0.2) is 0 Å². The molecule has 2 aliphatic rings. The molecule has 0 bridgehead atoms. The van der Waals surface area contributed by atoms with Gasteiger partial charge >= 0.3 is 0 Å². The first kappa shape index (κ1) is 15.0. The third kappa shape index (κ3) is 3.47. The Labute approximate surface area is 129 Å². The van der Waals surface area contributed by atoms with E-state index in [1.165, 1.54) is 50.1 Å². The molecule has 0 saturated carbocycles. The molecule has 1 atom stereocenters. The largest absolute Gasteiger partial charge is 0.314 e. The number of hydrogen-bond donors (Lipinski definition) is 1. The van der Waals surface area contributed by atoms with Crippen molar-refractivity contribution in [1.29, 1.82) is 0 Å². The van der Waals surface area contributed by atoms with E-state index in [0.29, 0.717) is 6.04 Å². The number of aryl methyl sites for hydroxylation is 1. The molecule has 116 valence electrons. The first-order chi connectivity index (χ1) is 10.3. The molecule has 3 heteroatoms. The normalized spacial score (nSPS) is 23.0. The minimum Gasteiger partial charge on any atom is -0.314 e. The van der Waals surface area contributed by atoms with Crippen LogP contribution in [0.15, 0.2) is 24.3 Å². The van der Waals surface area contributed by atoms with Crippen LogP contribution in [-0.4, -0.2) is 55.1 Å². The quantitative estimate of drug-likeness (QED) is 0.896. The Morgan fingerprint density at radius 2 is 1.81 bits per heavy atom. The molecule has 2 fully saturated rings. The Morgan fingerprint density at radius 1 is 1.14 bits per heavy atom. The molecule has 1 N–H and O–H groups in total. The van der Waals surface area contributed by atoms with Gasteiger partial charge in [-0.1, -0.05) is 37.6 Å². The standard InChI is InChI=1S/C18H29N3/c1-3-4-16-5-7-17(8-6-16)15(2)21-13-18(14-21)20-11-9-19-10-12-20/h5-8,15,18-19H,3-4,9-14H2,1-2H3. The van der Waals surface area contributed by atoms with Crippen LogP contribution in [-0.2, 0) is 6.42 Å². The molecule has 2 heterocycles. The van der Waals surface area contributed by atoms with Crippen molar-refractivity contribution in [2.75, 3.05) is 39.3 Å². The second-order valence-corrected chi connectivity index (χ2v) is 6.56. The zero-order chi connectivity index (χ0) is 14.7. The van der Waals surface area contributed by atoms with Crippen LogP contribution in [0.1, 0.15) is 37.4 Å². The lowest BCUT2D eigenvalue weighted by atomic mass is 9.97. The summed E-state index contributed by atoms with van der Waals surface area (Å²) in [4.78, 5) is 5.27. The molecule has 3 rings (SSSR count). The van der Waals surface area contributed by atoms with Crippen molar-refractivity contribution in [3.05, 3.63) is 35.4 Å². The van der Waals surface area contributed by atoms with Crippen molar-refractivity contribution in [2.45, 2.75) is 38.8 Å². The smallest absolute Gasteiger partial charge is 0.0351 e. The average Bonchev–Trinajstić information content (AvgIpc) is 2.48. The van der Waals surface area contributed by atoms with Crippen LogP contribution in [0.3, 0.4) is 0 Å². The molecule has 1 aromatic carbocycles. The highest BCUT2D eigenvalue weighted by Crippen LogP contribution is 2.28. The second-order valence-electron chi connectivity index (χ2n) is 6.56. The monoisotopic (exact) mass is 287 g/mol. The van der Waals surface area contributed by atoms with Crippen LogP contribution in [0.4, 0.5) is 0 Å². The Hall–Kier alpha value is -0.900. The SMILES string of the molecule is CCCc1ccc(C(C)N2CC(N3CCNCC3)C2)cc1. The van der Waals surface area contributed by atoms with Crippen molar-refractivity contribution in [3.8, 4) is 0 Å². The molecule has 1 unspecified atom stereocenters. The van der Waals surface area contributed by atoms with Gasteiger partial charge < -0.3 is 5.32 Å². The summed E-state index contributed by atoms with van der Waals surface area (Å²) in [7, 11) is 0. The number of rotatable bonds is 5. The maximum absolute atomic E-state index is 3.44. The molecule has 2 saturated heterocycles. The van der Waals surface area contributed by atoms with Crippen molar-refractivity contribution < 1.29 is 0 Å². The second kappa shape index (κ2) is 6.91. The molecule has 21 heavy (non-hydrogen) atoms. The van der Waals surface area contributed by atoms with E-state index >= 15 is 0 Å². The van der Waals surface area contributed by atoms with E-state index in [-0.39, 0.29) is 0 Å². The highest BCUT2D eigenvalue weighted by Gasteiger charge is 2.34. The Balaban J connectivity index is 1.51. The number of benzene rings is 1. The van der Waals surface area contributed by atoms with Gasteiger partial charge in [0.25, 0.3) is 0 Å². The molecule has 0 spiro atoms. The maximum Gasteiger partial charge on any atom is 0.0351 e. The summed E-state index contributed by atoms with van der Waals surface area (Å²) in [6.45, 7) is 11.8. The van der Waals surface area contributed by atoms with Gasteiger partial charge in [0.05, 0.1) is 0 Å². The lowest BCUT2D eigenvalue weighted by Crippen LogP contribution is -2.62. The van der Waals surface area contributed by atoms with E-state index in [1.54, 1.807) is 0 Å². The van der Waals surface area contributed by atoms with Gasteiger partial charge in [-0.3, -0.25) is 9.80 Å². The van der Waals surface area contributed by atoms with Crippen LogP contribution < -0.4 is 5.32 Å². The highest BCUT2D eigenvalue weighted by molar-refractivity contribution is 5.25. The van der Waals surface area contributed by atoms with Crippen LogP contribution in [0.2, 0.25) is 0 Å². The molecular weight excluding hydrogens is 258 g/mol. The highest BCUT2D eigenvalue weighted by atomic mass is 15.3. The van der Waals surface area contributed by atoms with Crippen molar-refractivity contribution in [3.63, 3.8) is 0 Å². The fourth-order valence-electron chi connectivity index (χ4n) is 3.54. The number of nitrogens with one attached hydrogen (secondary N) is 1. The molecule has 0 aliphatic carbocycles. The summed E-state index contributed by atoms with van der Waals surface area (Å²) in [5, 5.41) is 3.44. The van der Waals surface area contributed by atoms with Crippen LogP contribution >= 0.6 is 0 Å². The lowest BCUT2D eigenvalue weighted by Gasteiger charge is -2.49. The molecular formula is C18H29N3. The Kier molecular flexibility index (Phi) is 4.94. The summed E-state index contributed by atoms with van der Waals surface area (Å²) in [6, 6.07) is 10.6. The molecule has 1 aromatic rings. The number of piperazine rings is 1. The van der Waals surface area contributed by atoms with Gasteiger partial charge in [0, 0.05) is 51.4 Å². The third-order valence-electron chi connectivity index (χ3n) is 5.11.